The molecule has 0 saturated carbocycles. The van der Waals surface area contributed by atoms with Gasteiger partial charge in [-0.3, -0.25) is 0 Å². The number of ether oxygens (including phenoxy) is 4. The lowest BCUT2D eigenvalue weighted by atomic mass is 9.98. The van der Waals surface area contributed by atoms with E-state index in [1.54, 1.807) is 60.7 Å². The molecule has 1 fully saturated rings. The molecular formula is C50H81N3O9Si2. The van der Waals surface area contributed by atoms with Crippen LogP contribution in [-0.2, 0) is 27.8 Å². The number of hydrogen-bond donors (Lipinski definition) is 1. The van der Waals surface area contributed by atoms with Crippen molar-refractivity contribution in [3.05, 3.63) is 94.4 Å². The summed E-state index contributed by atoms with van der Waals surface area (Å²) in [6, 6.07) is 16.2. The molecule has 1 saturated heterocycles. The molecule has 0 bridgehead atoms. The second-order valence-electron chi connectivity index (χ2n) is 20.3. The maximum Gasteiger partial charge on any atom is 0.338 e. The maximum atomic E-state index is 13.8. The second-order valence-corrected chi connectivity index (χ2v) is 29.8. The highest BCUT2D eigenvalue weighted by Crippen LogP contribution is 2.41. The van der Waals surface area contributed by atoms with Gasteiger partial charge in [-0.15, -0.1) is 0 Å². The van der Waals surface area contributed by atoms with Crippen LogP contribution >= 0.6 is 0 Å². The molecule has 0 aliphatic carbocycles. The van der Waals surface area contributed by atoms with Crippen molar-refractivity contribution in [1.82, 2.24) is 0 Å². The van der Waals surface area contributed by atoms with E-state index in [1.807, 2.05) is 12.1 Å². The van der Waals surface area contributed by atoms with Gasteiger partial charge in [-0.1, -0.05) is 160 Å². The Morgan fingerprint density at radius 3 is 1.81 bits per heavy atom. The van der Waals surface area contributed by atoms with Crippen molar-refractivity contribution >= 4 is 28.6 Å². The smallest absolute Gasteiger partial charge is 0.338 e. The summed E-state index contributed by atoms with van der Waals surface area (Å²) in [6.07, 6.45) is 11.2. The quantitative estimate of drug-likeness (QED) is 0.0175. The summed E-state index contributed by atoms with van der Waals surface area (Å²) >= 11 is 0. The van der Waals surface area contributed by atoms with Gasteiger partial charge in [-0.25, -0.2) is 9.59 Å². The van der Waals surface area contributed by atoms with Crippen LogP contribution in [0.1, 0.15) is 146 Å². The lowest BCUT2D eigenvalue weighted by Crippen LogP contribution is -2.64. The molecule has 1 aliphatic rings. The fourth-order valence-corrected chi connectivity index (χ4v) is 9.13. The summed E-state index contributed by atoms with van der Waals surface area (Å²) < 4.78 is 39.0. The van der Waals surface area contributed by atoms with Gasteiger partial charge in [0, 0.05) is 4.91 Å². The Kier molecular flexibility index (Phi) is 23.0. The molecule has 2 aromatic carbocycles. The minimum atomic E-state index is -2.68. The first-order valence-corrected chi connectivity index (χ1v) is 29.5. The minimum Gasteiger partial charge on any atom is -0.454 e. The summed E-state index contributed by atoms with van der Waals surface area (Å²) in [5, 5.41) is 15.8. The van der Waals surface area contributed by atoms with Crippen molar-refractivity contribution < 1.29 is 42.5 Å². The van der Waals surface area contributed by atoms with Gasteiger partial charge < -0.3 is 32.9 Å². The van der Waals surface area contributed by atoms with Crippen molar-refractivity contribution in [3.63, 3.8) is 0 Å². The lowest BCUT2D eigenvalue weighted by molar-refractivity contribution is -0.297. The van der Waals surface area contributed by atoms with E-state index < -0.39 is 71.4 Å². The van der Waals surface area contributed by atoms with Crippen LogP contribution in [0.5, 0.6) is 0 Å². The van der Waals surface area contributed by atoms with Crippen LogP contribution in [0.4, 0.5) is 0 Å². The van der Waals surface area contributed by atoms with Crippen LogP contribution in [0, 0.1) is 0 Å². The highest BCUT2D eigenvalue weighted by Gasteiger charge is 2.53. The second kappa shape index (κ2) is 26.7. The Morgan fingerprint density at radius 2 is 1.30 bits per heavy atom. The number of rotatable bonds is 27. The predicted octanol–water partition coefficient (Wildman–Crippen LogP) is 12.9. The Bertz CT molecular complexity index is 1740. The number of benzene rings is 2. The van der Waals surface area contributed by atoms with E-state index in [0.717, 1.165) is 19.3 Å². The molecule has 1 aliphatic heterocycles. The third-order valence-corrected chi connectivity index (χ3v) is 22.1. The van der Waals surface area contributed by atoms with E-state index >= 15 is 0 Å². The molecule has 7 atom stereocenters. The van der Waals surface area contributed by atoms with Crippen molar-refractivity contribution in [2.45, 2.75) is 205 Å². The molecule has 2 aromatic rings. The molecule has 64 heavy (non-hydrogen) atoms. The molecule has 0 amide bonds. The summed E-state index contributed by atoms with van der Waals surface area (Å²) in [7, 11) is -5.02. The number of carbonyl (C=O) groups excluding carboxylic acids is 2. The van der Waals surface area contributed by atoms with Gasteiger partial charge in [0.15, 0.2) is 29.0 Å². The highest BCUT2D eigenvalue weighted by molar-refractivity contribution is 6.74. The van der Waals surface area contributed by atoms with E-state index in [9.17, 15) is 20.2 Å². The molecule has 358 valence electrons. The van der Waals surface area contributed by atoms with E-state index in [1.165, 1.54) is 57.8 Å². The topological polar surface area (TPSA) is 159 Å². The van der Waals surface area contributed by atoms with Crippen molar-refractivity contribution in [2.75, 3.05) is 13.2 Å². The largest absolute Gasteiger partial charge is 0.454 e. The Labute approximate surface area is 387 Å². The van der Waals surface area contributed by atoms with Gasteiger partial charge in [-0.05, 0) is 85.0 Å². The van der Waals surface area contributed by atoms with E-state index in [0.29, 0.717) is 11.1 Å². The predicted molar refractivity (Wildman–Crippen MR) is 260 cm³/mol. The standard InChI is InChI=1S/C50H81N3O9Si2/c1-12-13-14-15-16-17-18-19-20-21-22-23-30-35-41(59-46(55)38-31-26-24-27-32-38)40(52-53-51)36-57-48-45(62-64(10,11)50(5,6)7)44(61-47(56)39-33-28-25-29-34-39)43(54)42(60-48)37-58-63(8,9)49(2,3)4/h24-35,40-45,48,54H,12-23,36-37H2,1-11H3/b35-30+/t40-,41+,42+,43+,44-,45-,48-/m0/s1. The normalized spacial score (nSPS) is 20.7. The molecule has 0 radical (unpaired) electrons. The van der Waals surface area contributed by atoms with E-state index in [4.69, 9.17) is 27.8 Å². The SMILES string of the molecule is CCCCCCCCCCCCC/C=C/[C@@H](OC(=O)c1ccccc1)[C@H](CO[C@H]1O[C@H](CO[Si](C)(C)C(C)(C)C)[C@@H](O)[C@H](OC(=O)c2ccccc2)[C@@H]1O[Si](C)(C)C(C)(C)C)N=[N+]=[N-]. The highest BCUT2D eigenvalue weighted by atomic mass is 28.4. The first-order chi connectivity index (χ1) is 30.2. The molecule has 0 aromatic heterocycles. The molecule has 1 N–H and O–H groups in total. The molecule has 0 unspecified atom stereocenters. The van der Waals surface area contributed by atoms with Gasteiger partial charge in [-0.2, -0.15) is 0 Å². The summed E-state index contributed by atoms with van der Waals surface area (Å²) in [5.41, 5.74) is 10.5. The molecular weight excluding hydrogens is 843 g/mol. The van der Waals surface area contributed by atoms with Gasteiger partial charge in [0.1, 0.15) is 30.5 Å². The van der Waals surface area contributed by atoms with Crippen molar-refractivity contribution in [1.29, 1.82) is 0 Å². The average molecular weight is 924 g/mol. The molecule has 1 heterocycles. The number of unbranched alkanes of at least 4 members (excludes halogenated alkanes) is 11. The maximum absolute atomic E-state index is 13.8. The van der Waals surface area contributed by atoms with Crippen LogP contribution in [0.3, 0.4) is 0 Å². The van der Waals surface area contributed by atoms with E-state index in [-0.39, 0.29) is 23.3 Å². The number of aliphatic hydroxyl groups excluding tert-OH is 1. The summed E-state index contributed by atoms with van der Waals surface area (Å²) in [6.45, 7) is 23.0. The van der Waals surface area contributed by atoms with E-state index in [2.05, 4.69) is 84.7 Å². The van der Waals surface area contributed by atoms with Crippen LogP contribution in [0.25, 0.3) is 10.4 Å². The average Bonchev–Trinajstić information content (AvgIpc) is 3.24. The van der Waals surface area contributed by atoms with Gasteiger partial charge in [0.25, 0.3) is 0 Å². The van der Waals surface area contributed by atoms with Crippen LogP contribution < -0.4 is 0 Å². The number of carbonyl (C=O) groups is 2. The van der Waals surface area contributed by atoms with Crippen LogP contribution in [0.2, 0.25) is 36.3 Å². The van der Waals surface area contributed by atoms with Gasteiger partial charge in [0.05, 0.1) is 24.3 Å². The van der Waals surface area contributed by atoms with Crippen molar-refractivity contribution in [2.24, 2.45) is 5.11 Å². The number of esters is 2. The first-order valence-electron chi connectivity index (χ1n) is 23.7. The number of allylic oxidation sites excluding steroid dienone is 1. The lowest BCUT2D eigenvalue weighted by Gasteiger charge is -2.49. The zero-order valence-electron chi connectivity index (χ0n) is 40.9. The number of hydrogen-bond acceptors (Lipinski definition) is 10. The van der Waals surface area contributed by atoms with Crippen LogP contribution in [-0.4, -0.2) is 89.7 Å². The third-order valence-electron chi connectivity index (χ3n) is 13.1. The van der Waals surface area contributed by atoms with Crippen LogP contribution in [0.15, 0.2) is 77.9 Å². The molecule has 14 heteroatoms. The first kappa shape index (κ1) is 55.0. The molecule has 3 rings (SSSR count). The monoisotopic (exact) mass is 924 g/mol. The molecule has 12 nitrogen and oxygen atoms in total. The zero-order chi connectivity index (χ0) is 47.4. The number of nitrogens with zero attached hydrogens (tertiary/aromatic N) is 3. The third kappa shape index (κ3) is 17.8. The molecule has 0 spiro atoms. The zero-order valence-corrected chi connectivity index (χ0v) is 42.9. The Morgan fingerprint density at radius 1 is 0.781 bits per heavy atom. The summed E-state index contributed by atoms with van der Waals surface area (Å²) in [4.78, 5) is 30.4. The fourth-order valence-electron chi connectivity index (χ4n) is 6.83. The number of azide groups is 1. The van der Waals surface area contributed by atoms with Crippen molar-refractivity contribution in [3.8, 4) is 0 Å². The summed E-state index contributed by atoms with van der Waals surface area (Å²) in [5.74, 6) is -1.21. The fraction of sp³-hybridized carbons (Fsp3) is 0.680. The van der Waals surface area contributed by atoms with Gasteiger partial charge >= 0.3 is 11.9 Å². The van der Waals surface area contributed by atoms with Gasteiger partial charge in [0.2, 0.25) is 0 Å². The number of aliphatic hydroxyl groups is 1. The minimum absolute atomic E-state index is 0.00257. The Hall–Kier alpha value is -3.34. The Balaban J connectivity index is 1.93.